The summed E-state index contributed by atoms with van der Waals surface area (Å²) in [5, 5.41) is 7.50. The summed E-state index contributed by atoms with van der Waals surface area (Å²) in [5.74, 6) is 0.0416. The van der Waals surface area contributed by atoms with Crippen LogP contribution in [-0.4, -0.2) is 70.8 Å². The number of ether oxygens (including phenoxy) is 1. The van der Waals surface area contributed by atoms with Crippen LogP contribution in [0.3, 0.4) is 0 Å². The van der Waals surface area contributed by atoms with Gasteiger partial charge in [-0.25, -0.2) is 0 Å². The van der Waals surface area contributed by atoms with Gasteiger partial charge in [0.05, 0.1) is 36.7 Å². The Morgan fingerprint density at radius 3 is 3.10 bits per heavy atom. The van der Waals surface area contributed by atoms with Crippen LogP contribution >= 0.6 is 0 Å². The fourth-order valence-electron chi connectivity index (χ4n) is 3.12. The molecule has 20 heavy (non-hydrogen) atoms. The lowest BCUT2D eigenvalue weighted by molar-refractivity contribution is -0.0961. The van der Waals surface area contributed by atoms with Crippen molar-refractivity contribution in [2.45, 2.75) is 25.5 Å². The van der Waals surface area contributed by atoms with E-state index in [4.69, 9.17) is 4.74 Å². The molecule has 0 aromatic carbocycles. The molecule has 0 N–H and O–H groups in total. The predicted molar refractivity (Wildman–Crippen MR) is 73.3 cm³/mol. The average molecular weight is 276 g/mol. The first-order chi connectivity index (χ1) is 9.79. The van der Waals surface area contributed by atoms with Crippen molar-refractivity contribution in [3.05, 3.63) is 24.0 Å². The second kappa shape index (κ2) is 5.85. The molecule has 2 fully saturated rings. The monoisotopic (exact) mass is 276 g/mol. The number of hydrogen-bond acceptors (Lipinski definition) is 5. The first-order valence-electron chi connectivity index (χ1n) is 7.21. The summed E-state index contributed by atoms with van der Waals surface area (Å²) in [6, 6.07) is 2.04. The fourth-order valence-corrected chi connectivity index (χ4v) is 3.12. The Morgan fingerprint density at radius 1 is 1.45 bits per heavy atom. The van der Waals surface area contributed by atoms with E-state index < -0.39 is 0 Å². The van der Waals surface area contributed by atoms with Crippen LogP contribution in [0.4, 0.5) is 0 Å². The molecule has 3 heterocycles. The number of nitrogens with zero attached hydrogens (tertiary/aromatic N) is 4. The third-order valence-corrected chi connectivity index (χ3v) is 4.22. The minimum absolute atomic E-state index is 0.0416. The Balaban J connectivity index is 1.72. The first-order valence-corrected chi connectivity index (χ1v) is 7.21. The zero-order chi connectivity index (χ0) is 13.9. The molecular formula is C14H20N4O2. The van der Waals surface area contributed by atoms with E-state index >= 15 is 0 Å². The van der Waals surface area contributed by atoms with E-state index in [1.165, 1.54) is 6.20 Å². The summed E-state index contributed by atoms with van der Waals surface area (Å²) in [6.07, 6.45) is 4.26. The number of carbonyl (C=O) groups is 1. The molecule has 6 heteroatoms. The van der Waals surface area contributed by atoms with Crippen LogP contribution in [0.5, 0.6) is 0 Å². The Bertz CT molecular complexity index is 462. The van der Waals surface area contributed by atoms with Gasteiger partial charge in [-0.05, 0) is 19.0 Å². The summed E-state index contributed by atoms with van der Waals surface area (Å²) < 4.78 is 5.85. The molecule has 0 aliphatic carbocycles. The van der Waals surface area contributed by atoms with Crippen LogP contribution in [0.2, 0.25) is 0 Å². The molecule has 1 amide bonds. The van der Waals surface area contributed by atoms with Gasteiger partial charge >= 0.3 is 0 Å². The van der Waals surface area contributed by atoms with E-state index in [2.05, 4.69) is 22.0 Å². The number of hydrogen-bond donors (Lipinski definition) is 0. The van der Waals surface area contributed by atoms with Crippen LogP contribution in [0.25, 0.3) is 0 Å². The number of carbonyl (C=O) groups excluding carboxylic acids is 1. The van der Waals surface area contributed by atoms with Gasteiger partial charge in [0.2, 0.25) is 0 Å². The van der Waals surface area contributed by atoms with Crippen molar-refractivity contribution in [3.63, 3.8) is 0 Å². The first kappa shape index (κ1) is 13.5. The summed E-state index contributed by atoms with van der Waals surface area (Å²) in [7, 11) is 0. The molecule has 0 spiro atoms. The van der Waals surface area contributed by atoms with Crippen LogP contribution in [0, 0.1) is 0 Å². The molecule has 2 atom stereocenters. The molecule has 1 aromatic rings. The molecule has 0 bridgehead atoms. The van der Waals surface area contributed by atoms with E-state index in [1.54, 1.807) is 12.3 Å². The number of amides is 1. The number of likely N-dealkylation sites (tertiary alicyclic amines) is 1. The maximum Gasteiger partial charge on any atom is 0.255 e. The van der Waals surface area contributed by atoms with E-state index in [0.29, 0.717) is 11.6 Å². The third-order valence-electron chi connectivity index (χ3n) is 4.22. The highest BCUT2D eigenvalue weighted by Crippen LogP contribution is 2.23. The quantitative estimate of drug-likeness (QED) is 0.783. The van der Waals surface area contributed by atoms with Crippen molar-refractivity contribution in [3.8, 4) is 0 Å². The normalized spacial score (nSPS) is 27.1. The van der Waals surface area contributed by atoms with Crippen LogP contribution in [0.1, 0.15) is 23.7 Å². The number of piperidine rings is 1. The summed E-state index contributed by atoms with van der Waals surface area (Å²) in [6.45, 7) is 6.41. The molecule has 2 aliphatic heterocycles. The molecule has 108 valence electrons. The zero-order valence-electron chi connectivity index (χ0n) is 11.7. The topological polar surface area (TPSA) is 58.6 Å². The van der Waals surface area contributed by atoms with Crippen molar-refractivity contribution >= 4 is 5.91 Å². The van der Waals surface area contributed by atoms with Gasteiger partial charge in [-0.1, -0.05) is 6.92 Å². The number of morpholine rings is 1. The lowest BCUT2D eigenvalue weighted by Crippen LogP contribution is -2.60. The smallest absolute Gasteiger partial charge is 0.255 e. The van der Waals surface area contributed by atoms with Crippen molar-refractivity contribution in [2.24, 2.45) is 0 Å². The van der Waals surface area contributed by atoms with Gasteiger partial charge in [0.25, 0.3) is 5.91 Å². The van der Waals surface area contributed by atoms with Crippen molar-refractivity contribution in [1.82, 2.24) is 20.0 Å². The van der Waals surface area contributed by atoms with Crippen molar-refractivity contribution < 1.29 is 9.53 Å². The molecule has 3 rings (SSSR count). The Kier molecular flexibility index (Phi) is 3.93. The van der Waals surface area contributed by atoms with Crippen LogP contribution in [-0.2, 0) is 4.74 Å². The largest absolute Gasteiger partial charge is 0.375 e. The van der Waals surface area contributed by atoms with Gasteiger partial charge in [-0.3, -0.25) is 9.69 Å². The average Bonchev–Trinajstić information content (AvgIpc) is 2.54. The SMILES string of the molecule is CCN1CCO[C@@H]2CCN(C(=O)c3ccnnc3)C[C@H]21. The summed E-state index contributed by atoms with van der Waals surface area (Å²) >= 11 is 0. The van der Waals surface area contributed by atoms with Crippen LogP contribution < -0.4 is 0 Å². The molecule has 0 unspecified atom stereocenters. The summed E-state index contributed by atoms with van der Waals surface area (Å²) in [5.41, 5.74) is 0.609. The molecule has 6 nitrogen and oxygen atoms in total. The molecule has 2 aliphatic rings. The van der Waals surface area contributed by atoms with E-state index in [-0.39, 0.29) is 12.0 Å². The summed E-state index contributed by atoms with van der Waals surface area (Å²) in [4.78, 5) is 16.8. The number of aromatic nitrogens is 2. The molecule has 1 aromatic heterocycles. The Hall–Kier alpha value is -1.53. The van der Waals surface area contributed by atoms with Gasteiger partial charge in [-0.2, -0.15) is 10.2 Å². The highest BCUT2D eigenvalue weighted by molar-refractivity contribution is 5.93. The second-order valence-corrected chi connectivity index (χ2v) is 5.28. The number of rotatable bonds is 2. The van der Waals surface area contributed by atoms with Crippen molar-refractivity contribution in [2.75, 3.05) is 32.8 Å². The number of likely N-dealkylation sites (N-methyl/N-ethyl adjacent to an activating group) is 1. The van der Waals surface area contributed by atoms with E-state index in [1.807, 2.05) is 4.90 Å². The van der Waals surface area contributed by atoms with Gasteiger partial charge in [0, 0.05) is 19.6 Å². The van der Waals surface area contributed by atoms with Crippen molar-refractivity contribution in [1.29, 1.82) is 0 Å². The second-order valence-electron chi connectivity index (χ2n) is 5.28. The standard InChI is InChI=1S/C14H20N4O2/c1-2-17-7-8-20-13-4-6-18(10-12(13)17)14(19)11-3-5-15-16-9-11/h3,5,9,12-13H,2,4,6-8,10H2,1H3/t12-,13-/m1/s1. The minimum atomic E-state index is 0.0416. The zero-order valence-corrected chi connectivity index (χ0v) is 11.7. The maximum absolute atomic E-state index is 12.5. The Morgan fingerprint density at radius 2 is 2.35 bits per heavy atom. The minimum Gasteiger partial charge on any atom is -0.375 e. The highest BCUT2D eigenvalue weighted by Gasteiger charge is 2.37. The van der Waals surface area contributed by atoms with E-state index in [9.17, 15) is 4.79 Å². The number of fused-ring (bicyclic) bond motifs is 1. The molecule has 0 saturated carbocycles. The van der Waals surface area contributed by atoms with Crippen LogP contribution in [0.15, 0.2) is 18.5 Å². The van der Waals surface area contributed by atoms with Gasteiger partial charge < -0.3 is 9.64 Å². The molecular weight excluding hydrogens is 256 g/mol. The van der Waals surface area contributed by atoms with Gasteiger partial charge in [0.1, 0.15) is 0 Å². The van der Waals surface area contributed by atoms with Gasteiger partial charge in [-0.15, -0.1) is 0 Å². The maximum atomic E-state index is 12.5. The lowest BCUT2D eigenvalue weighted by Gasteiger charge is -2.46. The van der Waals surface area contributed by atoms with E-state index in [0.717, 1.165) is 39.2 Å². The lowest BCUT2D eigenvalue weighted by atomic mass is 9.98. The fraction of sp³-hybridized carbons (Fsp3) is 0.643. The highest BCUT2D eigenvalue weighted by atomic mass is 16.5. The third kappa shape index (κ3) is 2.53. The predicted octanol–water partition coefficient (Wildman–Crippen LogP) is 0.412. The van der Waals surface area contributed by atoms with Gasteiger partial charge in [0.15, 0.2) is 0 Å². The molecule has 0 radical (unpaired) electrons. The Labute approximate surface area is 118 Å². The molecule has 2 saturated heterocycles.